The van der Waals surface area contributed by atoms with Gasteiger partial charge in [-0.3, -0.25) is 9.69 Å². The Bertz CT molecular complexity index is 583. The normalized spacial score (nSPS) is 11.6. The smallest absolute Gasteiger partial charge is 0.178 e. The molecule has 4 nitrogen and oxygen atoms in total. The molecule has 2 aromatic rings. The van der Waals surface area contributed by atoms with Crippen molar-refractivity contribution in [3.05, 3.63) is 71.8 Å². The van der Waals surface area contributed by atoms with Crippen LogP contribution in [0.15, 0.2) is 65.8 Å². The molecule has 0 heterocycles. The van der Waals surface area contributed by atoms with Gasteiger partial charge in [-0.15, -0.1) is 0 Å². The van der Waals surface area contributed by atoms with Gasteiger partial charge < -0.3 is 5.21 Å². The van der Waals surface area contributed by atoms with Crippen molar-refractivity contribution in [1.82, 2.24) is 4.90 Å². The number of hydrogen-bond acceptors (Lipinski definition) is 4. The third-order valence-electron chi connectivity index (χ3n) is 3.40. The van der Waals surface area contributed by atoms with Crippen molar-refractivity contribution in [2.24, 2.45) is 5.16 Å². The molecule has 114 valence electrons. The van der Waals surface area contributed by atoms with Crippen LogP contribution >= 0.6 is 0 Å². The highest BCUT2D eigenvalue weighted by Crippen LogP contribution is 2.10. The maximum Gasteiger partial charge on any atom is 0.178 e. The molecule has 0 aliphatic heterocycles. The number of Topliss-reactive ketones (excluding diaryl/α,β-unsaturated/α-hetero) is 1. The first-order valence-corrected chi connectivity index (χ1v) is 7.21. The summed E-state index contributed by atoms with van der Waals surface area (Å²) in [6, 6.07) is 20.1. The molecule has 0 atom stereocenters. The SMILES string of the molecule is CC(=O)C(CN(Cc1ccccc1)Cc1ccccc1)=NO. The van der Waals surface area contributed by atoms with Gasteiger partial charge in [0.25, 0.3) is 0 Å². The number of benzene rings is 2. The molecule has 0 radical (unpaired) electrons. The summed E-state index contributed by atoms with van der Waals surface area (Å²) >= 11 is 0. The second-order valence-electron chi connectivity index (χ2n) is 5.22. The molecule has 0 spiro atoms. The molecule has 0 unspecified atom stereocenters. The molecule has 0 bridgehead atoms. The van der Waals surface area contributed by atoms with E-state index in [1.165, 1.54) is 6.92 Å². The van der Waals surface area contributed by atoms with Gasteiger partial charge in [0, 0.05) is 26.6 Å². The summed E-state index contributed by atoms with van der Waals surface area (Å²) in [6.45, 7) is 3.10. The fourth-order valence-corrected chi connectivity index (χ4v) is 2.28. The summed E-state index contributed by atoms with van der Waals surface area (Å²) in [7, 11) is 0. The molecule has 0 saturated carbocycles. The maximum absolute atomic E-state index is 11.5. The van der Waals surface area contributed by atoms with Crippen molar-refractivity contribution >= 4 is 11.5 Å². The maximum atomic E-state index is 11.5. The topological polar surface area (TPSA) is 52.9 Å². The zero-order valence-corrected chi connectivity index (χ0v) is 12.6. The number of carbonyl (C=O) groups is 1. The van der Waals surface area contributed by atoms with Gasteiger partial charge in [-0.2, -0.15) is 0 Å². The number of nitrogens with zero attached hydrogens (tertiary/aromatic N) is 2. The van der Waals surface area contributed by atoms with Crippen molar-refractivity contribution in [3.8, 4) is 0 Å². The van der Waals surface area contributed by atoms with Crippen molar-refractivity contribution < 1.29 is 10.0 Å². The lowest BCUT2D eigenvalue weighted by Crippen LogP contribution is -2.32. The standard InChI is InChI=1S/C18H20N2O2/c1-15(21)18(19-22)14-20(12-16-8-4-2-5-9-16)13-17-10-6-3-7-11-17/h2-11,22H,12-14H2,1H3. The Hall–Kier alpha value is -2.46. The van der Waals surface area contributed by atoms with E-state index in [2.05, 4.69) is 10.1 Å². The Balaban J connectivity index is 2.14. The van der Waals surface area contributed by atoms with E-state index >= 15 is 0 Å². The highest BCUT2D eigenvalue weighted by Gasteiger charge is 2.14. The van der Waals surface area contributed by atoms with E-state index in [0.29, 0.717) is 19.6 Å². The minimum atomic E-state index is -0.214. The van der Waals surface area contributed by atoms with E-state index in [0.717, 1.165) is 11.1 Å². The summed E-state index contributed by atoms with van der Waals surface area (Å²) in [4.78, 5) is 13.6. The number of ketones is 1. The lowest BCUT2D eigenvalue weighted by molar-refractivity contribution is -0.111. The van der Waals surface area contributed by atoms with Crippen LogP contribution in [0.3, 0.4) is 0 Å². The van der Waals surface area contributed by atoms with Crippen LogP contribution in [-0.4, -0.2) is 28.1 Å². The van der Waals surface area contributed by atoms with Gasteiger partial charge in [-0.25, -0.2) is 0 Å². The number of hydrogen-bond donors (Lipinski definition) is 1. The lowest BCUT2D eigenvalue weighted by Gasteiger charge is -2.22. The van der Waals surface area contributed by atoms with Crippen LogP contribution in [-0.2, 0) is 17.9 Å². The molecule has 2 rings (SSSR count). The van der Waals surface area contributed by atoms with Crippen LogP contribution in [0.1, 0.15) is 18.1 Å². The van der Waals surface area contributed by atoms with Crippen LogP contribution in [0, 0.1) is 0 Å². The average molecular weight is 296 g/mol. The van der Waals surface area contributed by atoms with Gasteiger partial charge in [-0.05, 0) is 11.1 Å². The molecular weight excluding hydrogens is 276 g/mol. The summed E-state index contributed by atoms with van der Waals surface area (Å²) in [5, 5.41) is 12.2. The summed E-state index contributed by atoms with van der Waals surface area (Å²) in [5.74, 6) is -0.214. The van der Waals surface area contributed by atoms with Gasteiger partial charge >= 0.3 is 0 Å². The molecular formula is C18H20N2O2. The first-order valence-electron chi connectivity index (χ1n) is 7.21. The third kappa shape index (κ3) is 4.82. The van der Waals surface area contributed by atoms with E-state index in [4.69, 9.17) is 5.21 Å². The third-order valence-corrected chi connectivity index (χ3v) is 3.40. The minimum Gasteiger partial charge on any atom is -0.411 e. The van der Waals surface area contributed by atoms with E-state index in [9.17, 15) is 4.79 Å². The minimum absolute atomic E-state index is 0.173. The first-order chi connectivity index (χ1) is 10.7. The molecule has 22 heavy (non-hydrogen) atoms. The molecule has 0 aromatic heterocycles. The monoisotopic (exact) mass is 296 g/mol. The van der Waals surface area contributed by atoms with Crippen molar-refractivity contribution in [2.75, 3.05) is 6.54 Å². The summed E-state index contributed by atoms with van der Waals surface area (Å²) in [6.07, 6.45) is 0. The van der Waals surface area contributed by atoms with Crippen LogP contribution in [0.4, 0.5) is 0 Å². The number of rotatable bonds is 7. The quantitative estimate of drug-likeness (QED) is 0.485. The fourth-order valence-electron chi connectivity index (χ4n) is 2.28. The Kier molecular flexibility index (Phi) is 5.86. The number of oxime groups is 1. The predicted octanol–water partition coefficient (Wildman–Crippen LogP) is 3.11. The Labute approximate surface area is 130 Å². The summed E-state index contributed by atoms with van der Waals surface area (Å²) in [5.41, 5.74) is 2.48. The van der Waals surface area contributed by atoms with Crippen LogP contribution < -0.4 is 0 Å². The van der Waals surface area contributed by atoms with Crippen molar-refractivity contribution in [2.45, 2.75) is 20.0 Å². The molecule has 0 amide bonds. The van der Waals surface area contributed by atoms with Gasteiger partial charge in [0.05, 0.1) is 0 Å². The second kappa shape index (κ2) is 8.10. The van der Waals surface area contributed by atoms with E-state index in [1.807, 2.05) is 60.7 Å². The van der Waals surface area contributed by atoms with E-state index < -0.39 is 0 Å². The van der Waals surface area contributed by atoms with Crippen LogP contribution in [0.25, 0.3) is 0 Å². The fraction of sp³-hybridized carbons (Fsp3) is 0.222. The highest BCUT2D eigenvalue weighted by atomic mass is 16.4. The molecule has 0 aliphatic carbocycles. The van der Waals surface area contributed by atoms with Gasteiger partial charge in [-0.1, -0.05) is 65.8 Å². The van der Waals surface area contributed by atoms with Gasteiger partial charge in [0.15, 0.2) is 5.78 Å². The molecule has 1 N–H and O–H groups in total. The van der Waals surface area contributed by atoms with E-state index in [1.54, 1.807) is 0 Å². The molecule has 0 saturated heterocycles. The second-order valence-corrected chi connectivity index (χ2v) is 5.22. The van der Waals surface area contributed by atoms with Crippen LogP contribution in [0.5, 0.6) is 0 Å². The Morgan fingerprint density at radius 1 is 0.955 bits per heavy atom. The molecule has 0 fully saturated rings. The van der Waals surface area contributed by atoms with Crippen LogP contribution in [0.2, 0.25) is 0 Å². The largest absolute Gasteiger partial charge is 0.411 e. The zero-order chi connectivity index (χ0) is 15.8. The Morgan fingerprint density at radius 2 is 1.41 bits per heavy atom. The summed E-state index contributed by atoms with van der Waals surface area (Å²) < 4.78 is 0. The van der Waals surface area contributed by atoms with Gasteiger partial charge in [0.1, 0.15) is 5.71 Å². The highest BCUT2D eigenvalue weighted by molar-refractivity contribution is 6.39. The van der Waals surface area contributed by atoms with Crippen molar-refractivity contribution in [3.63, 3.8) is 0 Å². The van der Waals surface area contributed by atoms with Gasteiger partial charge in [0.2, 0.25) is 0 Å². The first kappa shape index (κ1) is 15.9. The molecule has 2 aromatic carbocycles. The molecule has 0 aliphatic rings. The predicted molar refractivity (Wildman–Crippen MR) is 86.9 cm³/mol. The zero-order valence-electron chi connectivity index (χ0n) is 12.6. The molecule has 4 heteroatoms. The van der Waals surface area contributed by atoms with Crippen molar-refractivity contribution in [1.29, 1.82) is 0 Å². The average Bonchev–Trinajstić information content (AvgIpc) is 2.54. The Morgan fingerprint density at radius 3 is 1.77 bits per heavy atom. The van der Waals surface area contributed by atoms with E-state index in [-0.39, 0.29) is 11.5 Å². The lowest BCUT2D eigenvalue weighted by atomic mass is 10.1. The number of carbonyl (C=O) groups excluding carboxylic acids is 1.